The molecule has 0 bridgehead atoms. The number of nitrogens with zero attached hydrogens (tertiary/aromatic N) is 3. The van der Waals surface area contributed by atoms with E-state index in [1.54, 1.807) is 18.1 Å². The van der Waals surface area contributed by atoms with Crippen LogP contribution >= 0.6 is 0 Å². The van der Waals surface area contributed by atoms with E-state index < -0.39 is 0 Å². The van der Waals surface area contributed by atoms with Crippen molar-refractivity contribution in [2.75, 3.05) is 32.7 Å². The van der Waals surface area contributed by atoms with Crippen LogP contribution in [0.4, 0.5) is 5.82 Å². The van der Waals surface area contributed by atoms with Gasteiger partial charge in [0.1, 0.15) is 6.54 Å². The Morgan fingerprint density at radius 1 is 1.47 bits per heavy atom. The zero-order chi connectivity index (χ0) is 11.3. The van der Waals surface area contributed by atoms with Crippen molar-refractivity contribution in [1.82, 2.24) is 9.97 Å². The van der Waals surface area contributed by atoms with Gasteiger partial charge in [-0.2, -0.15) is 4.98 Å². The normalized spacial score (nSPS) is 9.53. The molecule has 0 aromatic carbocycles. The number of rotatable bonds is 4. The quantitative estimate of drug-likeness (QED) is 0.658. The van der Waals surface area contributed by atoms with E-state index in [2.05, 4.69) is 14.7 Å². The topological polar surface area (TPSA) is 64.5 Å². The maximum Gasteiger partial charge on any atom is 0.325 e. The summed E-state index contributed by atoms with van der Waals surface area (Å²) in [6.45, 7) is 0.123. The van der Waals surface area contributed by atoms with E-state index in [0.717, 1.165) is 0 Å². The molecule has 0 fully saturated rings. The SMILES string of the molecule is COC(=O)CN(C)c1cncc(OC)n1. The van der Waals surface area contributed by atoms with Gasteiger partial charge in [0.05, 0.1) is 26.6 Å². The molecule has 0 aliphatic carbocycles. The Morgan fingerprint density at radius 3 is 2.80 bits per heavy atom. The van der Waals surface area contributed by atoms with Gasteiger partial charge in [-0.05, 0) is 0 Å². The second-order valence-electron chi connectivity index (χ2n) is 2.85. The summed E-state index contributed by atoms with van der Waals surface area (Å²) < 4.78 is 9.46. The molecule has 0 saturated heterocycles. The molecule has 6 heteroatoms. The number of esters is 1. The van der Waals surface area contributed by atoms with E-state index >= 15 is 0 Å². The number of ether oxygens (including phenoxy) is 2. The molecule has 1 heterocycles. The van der Waals surface area contributed by atoms with Gasteiger partial charge in [-0.1, -0.05) is 0 Å². The van der Waals surface area contributed by atoms with Crippen molar-refractivity contribution in [2.24, 2.45) is 0 Å². The maximum atomic E-state index is 11.0. The fraction of sp³-hybridized carbons (Fsp3) is 0.444. The first-order valence-corrected chi connectivity index (χ1v) is 4.31. The summed E-state index contributed by atoms with van der Waals surface area (Å²) in [4.78, 5) is 20.7. The summed E-state index contributed by atoms with van der Waals surface area (Å²) in [5.74, 6) is 0.631. The van der Waals surface area contributed by atoms with E-state index in [1.165, 1.54) is 20.4 Å². The van der Waals surface area contributed by atoms with Crippen LogP contribution in [0.15, 0.2) is 12.4 Å². The molecular formula is C9H13N3O3. The molecule has 0 saturated carbocycles. The van der Waals surface area contributed by atoms with Crippen molar-refractivity contribution >= 4 is 11.8 Å². The highest BCUT2D eigenvalue weighted by Gasteiger charge is 2.09. The highest BCUT2D eigenvalue weighted by Crippen LogP contribution is 2.11. The average Bonchev–Trinajstić information content (AvgIpc) is 2.28. The highest BCUT2D eigenvalue weighted by molar-refractivity contribution is 5.74. The largest absolute Gasteiger partial charge is 0.480 e. The predicted molar refractivity (Wildman–Crippen MR) is 53.9 cm³/mol. The first-order valence-electron chi connectivity index (χ1n) is 4.31. The number of carbonyl (C=O) groups is 1. The Bertz CT molecular complexity index is 343. The zero-order valence-corrected chi connectivity index (χ0v) is 8.93. The van der Waals surface area contributed by atoms with Crippen LogP contribution in [0.3, 0.4) is 0 Å². The second kappa shape index (κ2) is 5.14. The Labute approximate surface area is 87.8 Å². The van der Waals surface area contributed by atoms with E-state index in [-0.39, 0.29) is 12.5 Å². The van der Waals surface area contributed by atoms with Crippen LogP contribution in [0.1, 0.15) is 0 Å². The fourth-order valence-electron chi connectivity index (χ4n) is 0.960. The monoisotopic (exact) mass is 211 g/mol. The van der Waals surface area contributed by atoms with Gasteiger partial charge in [0.25, 0.3) is 0 Å². The standard InChI is InChI=1S/C9H13N3O3/c1-12(6-9(13)15-3)7-4-10-5-8(11-7)14-2/h4-5H,6H2,1-3H3. The third-order valence-corrected chi connectivity index (χ3v) is 1.79. The number of likely N-dealkylation sites (N-methyl/N-ethyl adjacent to an activating group) is 1. The summed E-state index contributed by atoms with van der Waals surface area (Å²) in [7, 11) is 4.57. The molecule has 0 aliphatic rings. The number of anilines is 1. The van der Waals surface area contributed by atoms with Gasteiger partial charge in [0.2, 0.25) is 5.88 Å². The van der Waals surface area contributed by atoms with Crippen molar-refractivity contribution in [3.8, 4) is 5.88 Å². The van der Waals surface area contributed by atoms with Crippen LogP contribution in [-0.4, -0.2) is 43.7 Å². The first kappa shape index (κ1) is 11.2. The minimum absolute atomic E-state index is 0.123. The molecule has 0 N–H and O–H groups in total. The lowest BCUT2D eigenvalue weighted by molar-refractivity contribution is -0.138. The number of hydrogen-bond acceptors (Lipinski definition) is 6. The second-order valence-corrected chi connectivity index (χ2v) is 2.85. The first-order chi connectivity index (χ1) is 7.17. The van der Waals surface area contributed by atoms with Crippen LogP contribution in [-0.2, 0) is 9.53 Å². The van der Waals surface area contributed by atoms with Gasteiger partial charge in [-0.25, -0.2) is 0 Å². The molecule has 82 valence electrons. The number of carbonyl (C=O) groups excluding carboxylic acids is 1. The average molecular weight is 211 g/mol. The van der Waals surface area contributed by atoms with E-state index in [4.69, 9.17) is 4.74 Å². The lowest BCUT2D eigenvalue weighted by Crippen LogP contribution is -2.27. The molecule has 1 aromatic rings. The molecular weight excluding hydrogens is 198 g/mol. The highest BCUT2D eigenvalue weighted by atomic mass is 16.5. The van der Waals surface area contributed by atoms with Crippen LogP contribution < -0.4 is 9.64 Å². The van der Waals surface area contributed by atoms with E-state index in [0.29, 0.717) is 11.7 Å². The van der Waals surface area contributed by atoms with Gasteiger partial charge in [0, 0.05) is 7.05 Å². The minimum Gasteiger partial charge on any atom is -0.480 e. The summed E-state index contributed by atoms with van der Waals surface area (Å²) in [6, 6.07) is 0. The van der Waals surface area contributed by atoms with Crippen LogP contribution in [0.5, 0.6) is 5.88 Å². The van der Waals surface area contributed by atoms with Crippen LogP contribution in [0.2, 0.25) is 0 Å². The molecule has 6 nitrogen and oxygen atoms in total. The smallest absolute Gasteiger partial charge is 0.325 e. The van der Waals surface area contributed by atoms with Gasteiger partial charge >= 0.3 is 5.97 Å². The van der Waals surface area contributed by atoms with Gasteiger partial charge < -0.3 is 14.4 Å². The fourth-order valence-corrected chi connectivity index (χ4v) is 0.960. The third kappa shape index (κ3) is 3.08. The molecule has 0 aliphatic heterocycles. The third-order valence-electron chi connectivity index (χ3n) is 1.79. The van der Waals surface area contributed by atoms with Crippen molar-refractivity contribution < 1.29 is 14.3 Å². The molecule has 1 aromatic heterocycles. The minimum atomic E-state index is -0.331. The Kier molecular flexibility index (Phi) is 3.84. The summed E-state index contributed by atoms with van der Waals surface area (Å²) in [5.41, 5.74) is 0. The zero-order valence-electron chi connectivity index (χ0n) is 8.93. The summed E-state index contributed by atoms with van der Waals surface area (Å²) in [5, 5.41) is 0. The van der Waals surface area contributed by atoms with Crippen LogP contribution in [0, 0.1) is 0 Å². The number of methoxy groups -OCH3 is 2. The van der Waals surface area contributed by atoms with E-state index in [9.17, 15) is 4.79 Å². The van der Waals surface area contributed by atoms with Gasteiger partial charge in [-0.15, -0.1) is 0 Å². The van der Waals surface area contributed by atoms with Crippen LogP contribution in [0.25, 0.3) is 0 Å². The molecule has 0 spiro atoms. The van der Waals surface area contributed by atoms with Gasteiger partial charge in [-0.3, -0.25) is 9.78 Å². The summed E-state index contributed by atoms with van der Waals surface area (Å²) in [6.07, 6.45) is 3.04. The Hall–Kier alpha value is -1.85. The molecule has 15 heavy (non-hydrogen) atoms. The predicted octanol–water partition coefficient (Wildman–Crippen LogP) is 0.0944. The lowest BCUT2D eigenvalue weighted by atomic mass is 10.5. The van der Waals surface area contributed by atoms with E-state index in [1.807, 2.05) is 0 Å². The molecule has 0 amide bonds. The van der Waals surface area contributed by atoms with Crippen molar-refractivity contribution in [2.45, 2.75) is 0 Å². The molecule has 0 radical (unpaired) electrons. The van der Waals surface area contributed by atoms with Crippen molar-refractivity contribution in [1.29, 1.82) is 0 Å². The summed E-state index contributed by atoms with van der Waals surface area (Å²) >= 11 is 0. The molecule has 1 rings (SSSR count). The maximum absolute atomic E-state index is 11.0. The lowest BCUT2D eigenvalue weighted by Gasteiger charge is -2.16. The number of aromatic nitrogens is 2. The van der Waals surface area contributed by atoms with Crippen molar-refractivity contribution in [3.63, 3.8) is 0 Å². The molecule has 0 unspecified atom stereocenters. The molecule has 0 atom stereocenters. The Balaban J connectivity index is 2.72. The van der Waals surface area contributed by atoms with Gasteiger partial charge in [0.15, 0.2) is 5.82 Å². The van der Waals surface area contributed by atoms with Crippen molar-refractivity contribution in [3.05, 3.63) is 12.4 Å². The number of hydrogen-bond donors (Lipinski definition) is 0. The Morgan fingerprint density at radius 2 is 2.20 bits per heavy atom.